The predicted molar refractivity (Wildman–Crippen MR) is 68.2 cm³/mol. The summed E-state index contributed by atoms with van der Waals surface area (Å²) in [7, 11) is -0.722. The van der Waals surface area contributed by atoms with Gasteiger partial charge in [0.1, 0.15) is 0 Å². The van der Waals surface area contributed by atoms with Gasteiger partial charge in [-0.25, -0.2) is 0 Å². The summed E-state index contributed by atoms with van der Waals surface area (Å²) in [6.07, 6.45) is 2.81. The molecule has 0 radical (unpaired) electrons. The van der Waals surface area contributed by atoms with Gasteiger partial charge < -0.3 is 15.4 Å². The quantitative estimate of drug-likeness (QED) is 0.700. The summed E-state index contributed by atoms with van der Waals surface area (Å²) in [6.45, 7) is 6.84. The number of nitrogens with one attached hydrogen (secondary N) is 2. The number of hydrogen-bond donors (Lipinski definition) is 2. The van der Waals surface area contributed by atoms with E-state index >= 15 is 0 Å². The van der Waals surface area contributed by atoms with Crippen LogP contribution in [0.4, 0.5) is 0 Å². The first-order valence-corrected chi connectivity index (χ1v) is 7.68. The largest absolute Gasteiger partial charge is 0.379 e. The number of rotatable bonds is 6. The SMILES string of the molecule is CC(CC1COCCN1)NC(C)CS(C)=O. The van der Waals surface area contributed by atoms with Crippen LogP contribution in [0.25, 0.3) is 0 Å². The highest BCUT2D eigenvalue weighted by Gasteiger charge is 2.17. The molecule has 1 rings (SSSR count). The van der Waals surface area contributed by atoms with Crippen LogP contribution >= 0.6 is 0 Å². The van der Waals surface area contributed by atoms with E-state index in [9.17, 15) is 4.21 Å². The zero-order chi connectivity index (χ0) is 12.0. The lowest BCUT2D eigenvalue weighted by Crippen LogP contribution is -2.47. The predicted octanol–water partition coefficient (Wildman–Crippen LogP) is 0.110. The standard InChI is InChI=1S/C11H24N2O2S/c1-9(13-10(2)8-16(3)14)6-11-7-15-5-4-12-11/h9-13H,4-8H2,1-3H3. The first kappa shape index (κ1) is 14.1. The molecule has 0 saturated carbocycles. The van der Waals surface area contributed by atoms with Crippen LogP contribution in [0.2, 0.25) is 0 Å². The second kappa shape index (κ2) is 7.37. The van der Waals surface area contributed by atoms with Crippen molar-refractivity contribution in [1.82, 2.24) is 10.6 Å². The first-order valence-electron chi connectivity index (χ1n) is 5.95. The van der Waals surface area contributed by atoms with Gasteiger partial charge in [-0.05, 0) is 20.3 Å². The molecule has 0 amide bonds. The van der Waals surface area contributed by atoms with Gasteiger partial charge >= 0.3 is 0 Å². The molecule has 4 atom stereocenters. The minimum atomic E-state index is -0.722. The summed E-state index contributed by atoms with van der Waals surface area (Å²) in [4.78, 5) is 0. The monoisotopic (exact) mass is 248 g/mol. The Balaban J connectivity index is 2.18. The maximum Gasteiger partial charge on any atom is 0.0620 e. The van der Waals surface area contributed by atoms with E-state index in [1.165, 1.54) is 0 Å². The normalized spacial score (nSPS) is 27.3. The molecule has 0 aliphatic carbocycles. The molecule has 5 heteroatoms. The fourth-order valence-corrected chi connectivity index (χ4v) is 2.95. The molecule has 4 nitrogen and oxygen atoms in total. The second-order valence-electron chi connectivity index (χ2n) is 4.67. The molecule has 96 valence electrons. The van der Waals surface area contributed by atoms with Crippen molar-refractivity contribution in [1.29, 1.82) is 0 Å². The zero-order valence-electron chi connectivity index (χ0n) is 10.5. The zero-order valence-corrected chi connectivity index (χ0v) is 11.3. The molecule has 0 aromatic heterocycles. The van der Waals surface area contributed by atoms with E-state index in [1.54, 1.807) is 6.26 Å². The third-order valence-corrected chi connectivity index (χ3v) is 3.66. The van der Waals surface area contributed by atoms with Crippen molar-refractivity contribution in [2.45, 2.75) is 38.4 Å². The van der Waals surface area contributed by atoms with Gasteiger partial charge in [0.05, 0.1) is 13.2 Å². The maximum atomic E-state index is 11.1. The van der Waals surface area contributed by atoms with Crippen LogP contribution in [-0.2, 0) is 15.5 Å². The van der Waals surface area contributed by atoms with Crippen LogP contribution in [-0.4, -0.2) is 54.1 Å². The van der Waals surface area contributed by atoms with Gasteiger partial charge in [-0.1, -0.05) is 0 Å². The second-order valence-corrected chi connectivity index (χ2v) is 6.15. The topological polar surface area (TPSA) is 50.4 Å². The molecule has 1 fully saturated rings. The van der Waals surface area contributed by atoms with Gasteiger partial charge in [0.2, 0.25) is 0 Å². The van der Waals surface area contributed by atoms with E-state index in [2.05, 4.69) is 24.5 Å². The van der Waals surface area contributed by atoms with Gasteiger partial charge in [-0.3, -0.25) is 4.21 Å². The molecule has 1 heterocycles. The van der Waals surface area contributed by atoms with E-state index in [-0.39, 0.29) is 0 Å². The minimum absolute atomic E-state index is 0.311. The Morgan fingerprint density at radius 1 is 1.50 bits per heavy atom. The summed E-state index contributed by atoms with van der Waals surface area (Å²) >= 11 is 0. The van der Waals surface area contributed by atoms with Gasteiger partial charge in [0.15, 0.2) is 0 Å². The highest BCUT2D eigenvalue weighted by atomic mass is 32.2. The third-order valence-electron chi connectivity index (χ3n) is 2.69. The van der Waals surface area contributed by atoms with Gasteiger partial charge in [-0.2, -0.15) is 0 Å². The fourth-order valence-electron chi connectivity index (χ4n) is 2.15. The van der Waals surface area contributed by atoms with Crippen molar-refractivity contribution in [2.24, 2.45) is 0 Å². The van der Waals surface area contributed by atoms with Crippen LogP contribution in [0.3, 0.4) is 0 Å². The Hall–Kier alpha value is 0.0300. The number of hydrogen-bond acceptors (Lipinski definition) is 4. The summed E-state index contributed by atoms with van der Waals surface area (Å²) < 4.78 is 16.5. The maximum absolute atomic E-state index is 11.1. The lowest BCUT2D eigenvalue weighted by Gasteiger charge is -2.28. The van der Waals surface area contributed by atoms with Crippen LogP contribution in [0.5, 0.6) is 0 Å². The summed E-state index contributed by atoms with van der Waals surface area (Å²) in [5.74, 6) is 0.721. The molecule has 0 aromatic rings. The Morgan fingerprint density at radius 3 is 2.81 bits per heavy atom. The first-order chi connectivity index (χ1) is 7.58. The Bertz CT molecular complexity index is 220. The average molecular weight is 248 g/mol. The molecule has 0 bridgehead atoms. The molecule has 1 aliphatic heterocycles. The smallest absolute Gasteiger partial charge is 0.0620 e. The molecule has 16 heavy (non-hydrogen) atoms. The van der Waals surface area contributed by atoms with Crippen molar-refractivity contribution in [3.63, 3.8) is 0 Å². The summed E-state index contributed by atoms with van der Waals surface area (Å²) in [5, 5.41) is 6.91. The van der Waals surface area contributed by atoms with Gasteiger partial charge in [0, 0.05) is 47.5 Å². The Labute approximate surface area is 101 Å². The lowest BCUT2D eigenvalue weighted by atomic mass is 10.1. The summed E-state index contributed by atoms with van der Waals surface area (Å²) in [6, 6.07) is 1.19. The van der Waals surface area contributed by atoms with Crippen molar-refractivity contribution < 1.29 is 8.95 Å². The van der Waals surface area contributed by atoms with Crippen LogP contribution in [0.15, 0.2) is 0 Å². The third kappa shape index (κ3) is 5.94. The molecular formula is C11H24N2O2S. The minimum Gasteiger partial charge on any atom is -0.379 e. The van der Waals surface area contributed by atoms with Crippen molar-refractivity contribution >= 4 is 10.8 Å². The summed E-state index contributed by atoms with van der Waals surface area (Å²) in [5.41, 5.74) is 0. The van der Waals surface area contributed by atoms with E-state index in [0.717, 1.165) is 31.9 Å². The van der Waals surface area contributed by atoms with Crippen LogP contribution < -0.4 is 10.6 Å². The van der Waals surface area contributed by atoms with Crippen molar-refractivity contribution in [3.8, 4) is 0 Å². The fraction of sp³-hybridized carbons (Fsp3) is 1.00. The van der Waals surface area contributed by atoms with Gasteiger partial charge in [-0.15, -0.1) is 0 Å². The van der Waals surface area contributed by atoms with Crippen LogP contribution in [0, 0.1) is 0 Å². The van der Waals surface area contributed by atoms with E-state index < -0.39 is 10.8 Å². The van der Waals surface area contributed by atoms with E-state index in [0.29, 0.717) is 18.1 Å². The van der Waals surface area contributed by atoms with Crippen molar-refractivity contribution in [2.75, 3.05) is 31.8 Å². The highest BCUT2D eigenvalue weighted by molar-refractivity contribution is 7.84. The molecule has 4 unspecified atom stereocenters. The molecule has 2 N–H and O–H groups in total. The Kier molecular flexibility index (Phi) is 6.49. The molecule has 1 aliphatic rings. The van der Waals surface area contributed by atoms with Crippen LogP contribution in [0.1, 0.15) is 20.3 Å². The Morgan fingerprint density at radius 2 is 2.25 bits per heavy atom. The van der Waals surface area contributed by atoms with E-state index in [4.69, 9.17) is 4.74 Å². The van der Waals surface area contributed by atoms with Gasteiger partial charge in [0.25, 0.3) is 0 Å². The molecular weight excluding hydrogens is 224 g/mol. The number of ether oxygens (including phenoxy) is 1. The molecule has 0 aromatic carbocycles. The van der Waals surface area contributed by atoms with E-state index in [1.807, 2.05) is 0 Å². The van der Waals surface area contributed by atoms with Crippen molar-refractivity contribution in [3.05, 3.63) is 0 Å². The molecule has 1 saturated heterocycles. The lowest BCUT2D eigenvalue weighted by molar-refractivity contribution is 0.0709. The highest BCUT2D eigenvalue weighted by Crippen LogP contribution is 2.03. The number of morpholine rings is 1. The average Bonchev–Trinajstić information content (AvgIpc) is 2.17. The molecule has 0 spiro atoms.